The largest absolute Gasteiger partial charge is 0.461 e. The lowest BCUT2D eigenvalue weighted by molar-refractivity contribution is 0.530. The van der Waals surface area contributed by atoms with E-state index in [1.165, 1.54) is 11.1 Å². The summed E-state index contributed by atoms with van der Waals surface area (Å²) in [7, 11) is 0. The van der Waals surface area contributed by atoms with Gasteiger partial charge in [0.05, 0.1) is 6.26 Å². The number of nitrogens with two attached hydrogens (primary N) is 1. The number of anilines is 1. The second-order valence-corrected chi connectivity index (χ2v) is 6.46. The van der Waals surface area contributed by atoms with Crippen LogP contribution in [-0.4, -0.2) is 19.6 Å². The zero-order chi connectivity index (χ0) is 17.5. The van der Waals surface area contributed by atoms with Gasteiger partial charge in [0.25, 0.3) is 0 Å². The Morgan fingerprint density at radius 2 is 2.15 bits per heavy atom. The van der Waals surface area contributed by atoms with Crippen LogP contribution in [0.2, 0.25) is 0 Å². The lowest BCUT2D eigenvalue weighted by Gasteiger charge is -2.14. The van der Waals surface area contributed by atoms with Crippen molar-refractivity contribution in [2.45, 2.75) is 25.4 Å². The van der Waals surface area contributed by atoms with Gasteiger partial charge in [-0.2, -0.15) is 4.52 Å². The van der Waals surface area contributed by atoms with Gasteiger partial charge in [-0.15, -0.1) is 5.10 Å². The highest BCUT2D eigenvalue weighted by molar-refractivity contribution is 5.57. The third-order valence-electron chi connectivity index (χ3n) is 4.88. The van der Waals surface area contributed by atoms with E-state index in [0.717, 1.165) is 18.4 Å². The van der Waals surface area contributed by atoms with Crippen LogP contribution in [0.15, 0.2) is 53.3 Å². The van der Waals surface area contributed by atoms with Crippen molar-refractivity contribution in [1.82, 2.24) is 24.9 Å². The van der Waals surface area contributed by atoms with Gasteiger partial charge in [0.15, 0.2) is 11.4 Å². The van der Waals surface area contributed by atoms with Crippen molar-refractivity contribution in [3.63, 3.8) is 0 Å². The van der Waals surface area contributed by atoms with E-state index in [1.54, 1.807) is 17.0 Å². The van der Waals surface area contributed by atoms with Crippen molar-refractivity contribution < 1.29 is 4.42 Å². The number of aryl methyl sites for hydroxylation is 1. The average molecular weight is 346 g/mol. The second-order valence-electron chi connectivity index (χ2n) is 6.46. The third kappa shape index (κ3) is 2.44. The van der Waals surface area contributed by atoms with Gasteiger partial charge in [0, 0.05) is 24.3 Å². The third-order valence-corrected chi connectivity index (χ3v) is 4.88. The number of aromatic nitrogens is 4. The summed E-state index contributed by atoms with van der Waals surface area (Å²) in [6.45, 7) is 0.645. The van der Waals surface area contributed by atoms with Crippen LogP contribution >= 0.6 is 0 Å². The quantitative estimate of drug-likeness (QED) is 0.590. The summed E-state index contributed by atoms with van der Waals surface area (Å²) in [5, 5.41) is 8.05. The molecular weight excluding hydrogens is 328 g/mol. The fourth-order valence-corrected chi connectivity index (χ4v) is 3.57. The van der Waals surface area contributed by atoms with E-state index in [1.807, 2.05) is 12.1 Å². The van der Waals surface area contributed by atoms with Crippen molar-refractivity contribution in [2.75, 3.05) is 5.73 Å². The predicted molar refractivity (Wildman–Crippen MR) is 97.2 cm³/mol. The highest BCUT2D eigenvalue weighted by Crippen LogP contribution is 2.31. The van der Waals surface area contributed by atoms with Crippen LogP contribution in [0.3, 0.4) is 0 Å². The number of fused-ring (bicyclic) bond motifs is 2. The van der Waals surface area contributed by atoms with E-state index in [-0.39, 0.29) is 0 Å². The molecule has 26 heavy (non-hydrogen) atoms. The fraction of sp³-hybridized carbons (Fsp3) is 0.211. The van der Waals surface area contributed by atoms with Gasteiger partial charge in [-0.05, 0) is 36.1 Å². The number of hydrogen-bond donors (Lipinski definition) is 2. The van der Waals surface area contributed by atoms with Gasteiger partial charge < -0.3 is 15.5 Å². The highest BCUT2D eigenvalue weighted by Gasteiger charge is 2.22. The number of furan rings is 1. The minimum atomic E-state index is 0.306. The number of benzene rings is 1. The van der Waals surface area contributed by atoms with E-state index >= 15 is 0 Å². The predicted octanol–water partition coefficient (Wildman–Crippen LogP) is 2.74. The van der Waals surface area contributed by atoms with Gasteiger partial charge in [-0.1, -0.05) is 24.3 Å². The molecular formula is C19H18N6O. The second kappa shape index (κ2) is 5.96. The molecule has 1 aromatic carbocycles. The minimum absolute atomic E-state index is 0.306. The highest BCUT2D eigenvalue weighted by atomic mass is 16.3. The molecule has 3 N–H and O–H groups in total. The SMILES string of the molecule is Nc1ncc(CNC2CCc3ccccc32)c2nc(-c3ccco3)nn12. The van der Waals surface area contributed by atoms with Crippen LogP contribution in [0.4, 0.5) is 5.95 Å². The molecule has 7 heteroatoms. The summed E-state index contributed by atoms with van der Waals surface area (Å²) in [6.07, 6.45) is 5.57. The van der Waals surface area contributed by atoms with Crippen LogP contribution in [0.1, 0.15) is 29.2 Å². The minimum Gasteiger partial charge on any atom is -0.461 e. The maximum atomic E-state index is 5.97. The molecule has 1 aliphatic rings. The number of nitrogens with zero attached hydrogens (tertiary/aromatic N) is 4. The van der Waals surface area contributed by atoms with E-state index in [2.05, 4.69) is 44.6 Å². The standard InChI is InChI=1S/C19H18N6O/c20-19-22-11-13(10-21-15-8-7-12-4-1-2-5-14(12)15)18-23-17(24-25(18)19)16-6-3-9-26-16/h1-6,9,11,15,21H,7-8,10H2,(H2,20,22). The number of hydrogen-bond acceptors (Lipinski definition) is 6. The van der Waals surface area contributed by atoms with Gasteiger partial charge in [0.1, 0.15) is 0 Å². The van der Waals surface area contributed by atoms with Crippen LogP contribution in [0, 0.1) is 0 Å². The first-order valence-electron chi connectivity index (χ1n) is 8.65. The Labute approximate surface area is 149 Å². The molecule has 7 nitrogen and oxygen atoms in total. The Hall–Kier alpha value is -3.19. The Morgan fingerprint density at radius 3 is 3.04 bits per heavy atom. The van der Waals surface area contributed by atoms with Crippen LogP contribution < -0.4 is 11.1 Å². The summed E-state index contributed by atoms with van der Waals surface area (Å²) >= 11 is 0. The van der Waals surface area contributed by atoms with Crippen molar-refractivity contribution >= 4 is 11.6 Å². The molecule has 0 amide bonds. The monoisotopic (exact) mass is 346 g/mol. The summed E-state index contributed by atoms with van der Waals surface area (Å²) in [5.74, 6) is 1.42. The van der Waals surface area contributed by atoms with E-state index in [9.17, 15) is 0 Å². The van der Waals surface area contributed by atoms with Gasteiger partial charge in [-0.25, -0.2) is 9.97 Å². The fourth-order valence-electron chi connectivity index (χ4n) is 3.57. The first-order valence-corrected chi connectivity index (χ1v) is 8.65. The Bertz CT molecular complexity index is 1070. The van der Waals surface area contributed by atoms with Crippen molar-refractivity contribution in [3.05, 3.63) is 65.5 Å². The molecule has 0 radical (unpaired) electrons. The number of rotatable bonds is 4. The van der Waals surface area contributed by atoms with Gasteiger partial charge in [0.2, 0.25) is 11.8 Å². The van der Waals surface area contributed by atoms with Crippen molar-refractivity contribution in [2.24, 2.45) is 0 Å². The molecule has 1 unspecified atom stereocenters. The van der Waals surface area contributed by atoms with Gasteiger partial charge >= 0.3 is 0 Å². The molecule has 5 rings (SSSR count). The first-order chi connectivity index (χ1) is 12.8. The smallest absolute Gasteiger partial charge is 0.223 e. The van der Waals surface area contributed by atoms with Gasteiger partial charge in [-0.3, -0.25) is 0 Å². The number of nitrogens with one attached hydrogen (secondary N) is 1. The lowest BCUT2D eigenvalue weighted by Crippen LogP contribution is -2.19. The van der Waals surface area contributed by atoms with Crippen LogP contribution in [-0.2, 0) is 13.0 Å². The molecule has 0 saturated heterocycles. The Kier molecular flexibility index (Phi) is 3.46. The Morgan fingerprint density at radius 1 is 1.23 bits per heavy atom. The first kappa shape index (κ1) is 15.1. The summed E-state index contributed by atoms with van der Waals surface area (Å²) in [6, 6.07) is 12.6. The molecule has 0 fully saturated rings. The van der Waals surface area contributed by atoms with E-state index in [4.69, 9.17) is 10.2 Å². The molecule has 0 bridgehead atoms. The van der Waals surface area contributed by atoms with Crippen molar-refractivity contribution in [1.29, 1.82) is 0 Å². The average Bonchev–Trinajstić information content (AvgIpc) is 3.40. The summed E-state index contributed by atoms with van der Waals surface area (Å²) in [4.78, 5) is 8.86. The van der Waals surface area contributed by atoms with Crippen molar-refractivity contribution in [3.8, 4) is 11.6 Å². The normalized spacial score (nSPS) is 16.2. The summed E-state index contributed by atoms with van der Waals surface area (Å²) < 4.78 is 6.96. The molecule has 3 aromatic heterocycles. The zero-order valence-corrected chi connectivity index (χ0v) is 14.1. The molecule has 4 aromatic rings. The van der Waals surface area contributed by atoms with Crippen LogP contribution in [0.25, 0.3) is 17.2 Å². The molecule has 1 aliphatic carbocycles. The maximum absolute atomic E-state index is 5.97. The lowest BCUT2D eigenvalue weighted by atomic mass is 10.1. The zero-order valence-electron chi connectivity index (χ0n) is 14.1. The van der Waals surface area contributed by atoms with Crippen LogP contribution in [0.5, 0.6) is 0 Å². The molecule has 0 spiro atoms. The van der Waals surface area contributed by atoms with E-state index < -0.39 is 0 Å². The topological polar surface area (TPSA) is 94.3 Å². The molecule has 1 atom stereocenters. The summed E-state index contributed by atoms with van der Waals surface area (Å²) in [5.41, 5.74) is 10.4. The van der Waals surface area contributed by atoms with E-state index in [0.29, 0.717) is 35.8 Å². The number of nitrogen functional groups attached to an aromatic ring is 1. The molecule has 0 aliphatic heterocycles. The maximum Gasteiger partial charge on any atom is 0.223 e. The molecule has 130 valence electrons. The molecule has 3 heterocycles. The molecule has 0 saturated carbocycles. The Balaban J connectivity index is 1.45.